The van der Waals surface area contributed by atoms with Gasteiger partial charge in [-0.25, -0.2) is 0 Å². The Balaban J connectivity index is 1.70. The van der Waals surface area contributed by atoms with E-state index in [2.05, 4.69) is 59.1 Å². The first kappa shape index (κ1) is 12.7. The number of hydrogen-bond donors (Lipinski definition) is 1. The Bertz CT molecular complexity index is 430. The lowest BCUT2D eigenvalue weighted by Crippen LogP contribution is -2.64. The summed E-state index contributed by atoms with van der Waals surface area (Å²) in [6.45, 7) is 2.95. The van der Waals surface area contributed by atoms with Gasteiger partial charge >= 0.3 is 0 Å². The standard InChI is InChI=1S/C15H20INO/c1-2-18-14-10-13(15(14)8-5-9-15)17-12-7-4-3-6-11(12)16/h3-4,6-7,13-14,17H,2,5,8-10H2,1H3. The molecule has 0 bridgehead atoms. The molecule has 2 aliphatic rings. The molecule has 2 aliphatic carbocycles. The number of hydrogen-bond acceptors (Lipinski definition) is 2. The number of rotatable bonds is 4. The van der Waals surface area contributed by atoms with Gasteiger partial charge in [-0.05, 0) is 60.9 Å². The van der Waals surface area contributed by atoms with E-state index < -0.39 is 0 Å². The summed E-state index contributed by atoms with van der Waals surface area (Å²) < 4.78 is 7.20. The summed E-state index contributed by atoms with van der Waals surface area (Å²) in [5.74, 6) is 0. The third-order valence-electron chi connectivity index (χ3n) is 4.64. The molecule has 2 saturated carbocycles. The van der Waals surface area contributed by atoms with Crippen LogP contribution in [-0.4, -0.2) is 18.8 Å². The molecule has 0 aromatic heterocycles. The number of anilines is 1. The van der Waals surface area contributed by atoms with Crippen molar-refractivity contribution in [3.05, 3.63) is 27.8 Å². The summed E-state index contributed by atoms with van der Waals surface area (Å²) in [7, 11) is 0. The molecule has 0 amide bonds. The Morgan fingerprint density at radius 2 is 2.17 bits per heavy atom. The van der Waals surface area contributed by atoms with Gasteiger partial charge in [0, 0.05) is 27.3 Å². The van der Waals surface area contributed by atoms with Crippen molar-refractivity contribution in [2.24, 2.45) is 5.41 Å². The molecule has 2 nitrogen and oxygen atoms in total. The minimum atomic E-state index is 0.439. The fraction of sp³-hybridized carbons (Fsp3) is 0.600. The zero-order valence-corrected chi connectivity index (χ0v) is 12.9. The van der Waals surface area contributed by atoms with Crippen molar-refractivity contribution < 1.29 is 4.74 Å². The molecule has 2 atom stereocenters. The van der Waals surface area contributed by atoms with Gasteiger partial charge < -0.3 is 10.1 Å². The second-order valence-electron chi connectivity index (χ2n) is 5.44. The lowest BCUT2D eigenvalue weighted by molar-refractivity contribution is -0.157. The van der Waals surface area contributed by atoms with E-state index in [9.17, 15) is 0 Å². The van der Waals surface area contributed by atoms with Crippen LogP contribution in [-0.2, 0) is 4.74 Å². The summed E-state index contributed by atoms with van der Waals surface area (Å²) in [6.07, 6.45) is 5.69. The highest BCUT2D eigenvalue weighted by Crippen LogP contribution is 2.58. The zero-order chi connectivity index (χ0) is 12.6. The van der Waals surface area contributed by atoms with Gasteiger partial charge in [0.2, 0.25) is 0 Å². The molecule has 0 radical (unpaired) electrons. The first-order chi connectivity index (χ1) is 8.76. The van der Waals surface area contributed by atoms with Crippen molar-refractivity contribution in [3.8, 4) is 0 Å². The summed E-state index contributed by atoms with van der Waals surface area (Å²) in [6, 6.07) is 9.16. The highest BCUT2D eigenvalue weighted by Gasteiger charge is 2.58. The van der Waals surface area contributed by atoms with Crippen LogP contribution < -0.4 is 5.32 Å². The van der Waals surface area contributed by atoms with E-state index in [1.165, 1.54) is 34.9 Å². The third-order valence-corrected chi connectivity index (χ3v) is 5.58. The Labute approximate surface area is 123 Å². The van der Waals surface area contributed by atoms with Crippen molar-refractivity contribution >= 4 is 28.3 Å². The van der Waals surface area contributed by atoms with Crippen molar-refractivity contribution in [1.82, 2.24) is 0 Å². The quantitative estimate of drug-likeness (QED) is 0.821. The van der Waals surface area contributed by atoms with Crippen LogP contribution in [0.3, 0.4) is 0 Å². The van der Waals surface area contributed by atoms with E-state index in [1.54, 1.807) is 0 Å². The number of ether oxygens (including phenoxy) is 1. The number of benzene rings is 1. The van der Waals surface area contributed by atoms with Gasteiger partial charge in [-0.3, -0.25) is 0 Å². The van der Waals surface area contributed by atoms with Crippen LogP contribution in [0.5, 0.6) is 0 Å². The van der Waals surface area contributed by atoms with Crippen LogP contribution in [0, 0.1) is 8.99 Å². The first-order valence-corrected chi connectivity index (χ1v) is 7.97. The van der Waals surface area contributed by atoms with E-state index in [1.807, 2.05) is 0 Å². The van der Waals surface area contributed by atoms with Crippen molar-refractivity contribution in [2.75, 3.05) is 11.9 Å². The topological polar surface area (TPSA) is 21.3 Å². The molecule has 2 unspecified atom stereocenters. The molecule has 3 heteroatoms. The van der Waals surface area contributed by atoms with Crippen molar-refractivity contribution in [2.45, 2.75) is 44.8 Å². The lowest BCUT2D eigenvalue weighted by atomic mass is 9.51. The van der Waals surface area contributed by atoms with Crippen LogP contribution in [0.4, 0.5) is 5.69 Å². The third kappa shape index (κ3) is 1.95. The molecule has 0 saturated heterocycles. The summed E-state index contributed by atoms with van der Waals surface area (Å²) in [4.78, 5) is 0. The molecular formula is C15H20INO. The Morgan fingerprint density at radius 3 is 2.78 bits per heavy atom. The SMILES string of the molecule is CCOC1CC(Nc2ccccc2I)C12CCC2. The number of halogens is 1. The average Bonchev–Trinajstić information content (AvgIpc) is 2.28. The lowest BCUT2D eigenvalue weighted by Gasteiger charge is -2.61. The maximum absolute atomic E-state index is 5.89. The van der Waals surface area contributed by atoms with E-state index in [0.717, 1.165) is 6.61 Å². The average molecular weight is 357 g/mol. The smallest absolute Gasteiger partial charge is 0.0670 e. The van der Waals surface area contributed by atoms with E-state index in [-0.39, 0.29) is 0 Å². The Hall–Kier alpha value is -0.290. The minimum absolute atomic E-state index is 0.439. The van der Waals surface area contributed by atoms with Gasteiger partial charge in [0.1, 0.15) is 0 Å². The largest absolute Gasteiger partial charge is 0.381 e. The summed E-state index contributed by atoms with van der Waals surface area (Å²) >= 11 is 2.40. The van der Waals surface area contributed by atoms with Gasteiger partial charge in [-0.15, -0.1) is 0 Å². The summed E-state index contributed by atoms with van der Waals surface area (Å²) in [5, 5.41) is 3.74. The van der Waals surface area contributed by atoms with E-state index in [4.69, 9.17) is 4.74 Å². The summed E-state index contributed by atoms with van der Waals surface area (Å²) in [5.41, 5.74) is 1.72. The van der Waals surface area contributed by atoms with Gasteiger partial charge in [0.15, 0.2) is 0 Å². The Morgan fingerprint density at radius 1 is 1.39 bits per heavy atom. The molecule has 2 fully saturated rings. The molecule has 1 aromatic rings. The maximum atomic E-state index is 5.89. The van der Waals surface area contributed by atoms with Gasteiger partial charge in [-0.2, -0.15) is 0 Å². The maximum Gasteiger partial charge on any atom is 0.0670 e. The van der Waals surface area contributed by atoms with Crippen LogP contribution in [0.15, 0.2) is 24.3 Å². The molecule has 1 aromatic carbocycles. The Kier molecular flexibility index (Phi) is 3.54. The fourth-order valence-electron chi connectivity index (χ4n) is 3.41. The molecular weight excluding hydrogens is 337 g/mol. The second kappa shape index (κ2) is 5.00. The van der Waals surface area contributed by atoms with Gasteiger partial charge in [-0.1, -0.05) is 18.6 Å². The minimum Gasteiger partial charge on any atom is -0.381 e. The van der Waals surface area contributed by atoms with Crippen molar-refractivity contribution in [3.63, 3.8) is 0 Å². The molecule has 3 rings (SSSR count). The fourth-order valence-corrected chi connectivity index (χ4v) is 3.95. The highest BCUT2D eigenvalue weighted by molar-refractivity contribution is 14.1. The van der Waals surface area contributed by atoms with Crippen LogP contribution in [0.25, 0.3) is 0 Å². The molecule has 0 aliphatic heterocycles. The molecule has 98 valence electrons. The molecule has 0 heterocycles. The predicted octanol–water partition coefficient (Wildman–Crippen LogP) is 4.05. The van der Waals surface area contributed by atoms with E-state index >= 15 is 0 Å². The van der Waals surface area contributed by atoms with Gasteiger partial charge in [0.05, 0.1) is 6.10 Å². The molecule has 1 spiro atoms. The van der Waals surface area contributed by atoms with Crippen LogP contribution in [0.1, 0.15) is 32.6 Å². The molecule has 18 heavy (non-hydrogen) atoms. The van der Waals surface area contributed by atoms with Crippen LogP contribution in [0.2, 0.25) is 0 Å². The number of nitrogens with one attached hydrogen (secondary N) is 1. The number of para-hydroxylation sites is 1. The second-order valence-corrected chi connectivity index (χ2v) is 6.61. The zero-order valence-electron chi connectivity index (χ0n) is 10.8. The molecule has 1 N–H and O–H groups in total. The normalized spacial score (nSPS) is 28.6. The van der Waals surface area contributed by atoms with Crippen LogP contribution >= 0.6 is 22.6 Å². The van der Waals surface area contributed by atoms with Gasteiger partial charge in [0.25, 0.3) is 0 Å². The predicted molar refractivity (Wildman–Crippen MR) is 82.9 cm³/mol. The van der Waals surface area contributed by atoms with E-state index in [0.29, 0.717) is 17.6 Å². The van der Waals surface area contributed by atoms with Crippen molar-refractivity contribution in [1.29, 1.82) is 0 Å². The first-order valence-electron chi connectivity index (χ1n) is 6.89. The monoisotopic (exact) mass is 357 g/mol. The highest BCUT2D eigenvalue weighted by atomic mass is 127.